The molecule has 1 aliphatic carbocycles. The number of nitrogens with zero attached hydrogens (tertiary/aromatic N) is 2. The van der Waals surface area contributed by atoms with Gasteiger partial charge in [0.25, 0.3) is 0 Å². The standard InChI is InChI=1S/C19H35N3O2/c1-24-18-10-13-21(14-11-18)15-17-9-3-2-6-12-22(17)19(23)20-16-7-4-5-8-16/h16-18H,2-15H2,1H3,(H,20,23). The van der Waals surface area contributed by atoms with E-state index in [2.05, 4.69) is 15.1 Å². The summed E-state index contributed by atoms with van der Waals surface area (Å²) in [6, 6.07) is 0.993. The van der Waals surface area contributed by atoms with E-state index in [1.165, 1.54) is 25.7 Å². The molecule has 3 fully saturated rings. The van der Waals surface area contributed by atoms with Crippen LogP contribution in [0.3, 0.4) is 0 Å². The van der Waals surface area contributed by atoms with E-state index in [-0.39, 0.29) is 6.03 Å². The number of nitrogens with one attached hydrogen (secondary N) is 1. The molecule has 5 nitrogen and oxygen atoms in total. The first-order valence-corrected chi connectivity index (χ1v) is 10.1. The van der Waals surface area contributed by atoms with Gasteiger partial charge in [-0.1, -0.05) is 25.7 Å². The van der Waals surface area contributed by atoms with E-state index >= 15 is 0 Å². The maximum atomic E-state index is 12.8. The van der Waals surface area contributed by atoms with Crippen molar-refractivity contribution >= 4 is 6.03 Å². The number of likely N-dealkylation sites (tertiary alicyclic amines) is 2. The molecule has 138 valence electrons. The molecule has 0 bridgehead atoms. The van der Waals surface area contributed by atoms with Crippen molar-refractivity contribution in [3.05, 3.63) is 0 Å². The van der Waals surface area contributed by atoms with Gasteiger partial charge >= 0.3 is 6.03 Å². The number of rotatable bonds is 4. The summed E-state index contributed by atoms with van der Waals surface area (Å²) in [4.78, 5) is 17.5. The highest BCUT2D eigenvalue weighted by molar-refractivity contribution is 5.75. The van der Waals surface area contributed by atoms with Crippen molar-refractivity contribution in [2.75, 3.05) is 33.3 Å². The van der Waals surface area contributed by atoms with E-state index in [0.29, 0.717) is 18.2 Å². The molecular weight excluding hydrogens is 302 g/mol. The van der Waals surface area contributed by atoms with Crippen molar-refractivity contribution in [2.45, 2.75) is 82.4 Å². The summed E-state index contributed by atoms with van der Waals surface area (Å²) < 4.78 is 5.48. The summed E-state index contributed by atoms with van der Waals surface area (Å²) in [7, 11) is 1.82. The fourth-order valence-corrected chi connectivity index (χ4v) is 4.59. The first-order valence-electron chi connectivity index (χ1n) is 10.1. The summed E-state index contributed by atoms with van der Waals surface area (Å²) in [5, 5.41) is 3.31. The molecular formula is C19H35N3O2. The summed E-state index contributed by atoms with van der Waals surface area (Å²) in [6.45, 7) is 4.17. The van der Waals surface area contributed by atoms with Gasteiger partial charge in [-0.25, -0.2) is 4.79 Å². The van der Waals surface area contributed by atoms with Crippen LogP contribution in [0.15, 0.2) is 0 Å². The van der Waals surface area contributed by atoms with E-state index in [9.17, 15) is 4.79 Å². The highest BCUT2D eigenvalue weighted by atomic mass is 16.5. The number of piperidine rings is 1. The lowest BCUT2D eigenvalue weighted by Crippen LogP contribution is -2.53. The Kier molecular flexibility index (Phi) is 6.78. The van der Waals surface area contributed by atoms with Crippen LogP contribution in [0.1, 0.15) is 64.2 Å². The van der Waals surface area contributed by atoms with Gasteiger partial charge in [-0.15, -0.1) is 0 Å². The number of amides is 2. The van der Waals surface area contributed by atoms with Crippen LogP contribution in [0, 0.1) is 0 Å². The van der Waals surface area contributed by atoms with Crippen molar-refractivity contribution in [1.29, 1.82) is 0 Å². The lowest BCUT2D eigenvalue weighted by molar-refractivity contribution is 0.0331. The minimum Gasteiger partial charge on any atom is -0.381 e. The number of ether oxygens (including phenoxy) is 1. The Hall–Kier alpha value is -0.810. The number of hydrogen-bond donors (Lipinski definition) is 1. The smallest absolute Gasteiger partial charge is 0.317 e. The van der Waals surface area contributed by atoms with Gasteiger partial charge in [-0.3, -0.25) is 0 Å². The quantitative estimate of drug-likeness (QED) is 0.858. The van der Waals surface area contributed by atoms with E-state index in [1.54, 1.807) is 0 Å². The number of hydrogen-bond acceptors (Lipinski definition) is 3. The van der Waals surface area contributed by atoms with Gasteiger partial charge in [0, 0.05) is 45.4 Å². The lowest BCUT2D eigenvalue weighted by Gasteiger charge is -2.37. The number of carbonyl (C=O) groups excluding carboxylic acids is 1. The third-order valence-electron chi connectivity index (χ3n) is 6.16. The van der Waals surface area contributed by atoms with Gasteiger partial charge in [0.05, 0.1) is 6.10 Å². The van der Waals surface area contributed by atoms with E-state index in [4.69, 9.17) is 4.74 Å². The fourth-order valence-electron chi connectivity index (χ4n) is 4.59. The molecule has 0 radical (unpaired) electrons. The molecule has 3 rings (SSSR count). The average Bonchev–Trinajstić information content (AvgIpc) is 3.00. The zero-order valence-corrected chi connectivity index (χ0v) is 15.3. The second-order valence-corrected chi connectivity index (χ2v) is 7.86. The van der Waals surface area contributed by atoms with Crippen LogP contribution >= 0.6 is 0 Å². The largest absolute Gasteiger partial charge is 0.381 e. The van der Waals surface area contributed by atoms with E-state index in [1.807, 2.05) is 7.11 Å². The zero-order chi connectivity index (χ0) is 16.8. The second kappa shape index (κ2) is 9.04. The highest BCUT2D eigenvalue weighted by Gasteiger charge is 2.30. The monoisotopic (exact) mass is 337 g/mol. The molecule has 0 aromatic heterocycles. The van der Waals surface area contributed by atoms with Crippen molar-refractivity contribution in [3.8, 4) is 0 Å². The van der Waals surface area contributed by atoms with Crippen LogP contribution in [0.2, 0.25) is 0 Å². The summed E-state index contributed by atoms with van der Waals surface area (Å²) in [6.07, 6.45) is 12.4. The molecule has 1 saturated carbocycles. The van der Waals surface area contributed by atoms with Crippen LogP contribution < -0.4 is 5.32 Å². The predicted octanol–water partition coefficient (Wildman–Crippen LogP) is 2.99. The van der Waals surface area contributed by atoms with Crippen LogP contribution in [0.5, 0.6) is 0 Å². The average molecular weight is 338 g/mol. The van der Waals surface area contributed by atoms with Crippen LogP contribution in [0.25, 0.3) is 0 Å². The molecule has 2 aliphatic heterocycles. The molecule has 24 heavy (non-hydrogen) atoms. The Morgan fingerprint density at radius 2 is 1.67 bits per heavy atom. The van der Waals surface area contributed by atoms with Gasteiger partial charge in [0.2, 0.25) is 0 Å². The topological polar surface area (TPSA) is 44.8 Å². The molecule has 1 N–H and O–H groups in total. The zero-order valence-electron chi connectivity index (χ0n) is 15.3. The van der Waals surface area contributed by atoms with Crippen molar-refractivity contribution in [3.63, 3.8) is 0 Å². The van der Waals surface area contributed by atoms with Gasteiger partial charge in [0.1, 0.15) is 0 Å². The number of urea groups is 1. The van der Waals surface area contributed by atoms with Crippen LogP contribution in [-0.2, 0) is 4.74 Å². The summed E-state index contributed by atoms with van der Waals surface area (Å²) in [5.41, 5.74) is 0. The van der Waals surface area contributed by atoms with Gasteiger partial charge in [-0.2, -0.15) is 0 Å². The molecule has 1 atom stereocenters. The Bertz CT molecular complexity index is 390. The molecule has 2 saturated heterocycles. The molecule has 1 unspecified atom stereocenters. The predicted molar refractivity (Wildman–Crippen MR) is 96.2 cm³/mol. The van der Waals surface area contributed by atoms with Gasteiger partial charge in [0.15, 0.2) is 0 Å². The van der Waals surface area contributed by atoms with Crippen LogP contribution in [-0.4, -0.2) is 67.3 Å². The normalized spacial score (nSPS) is 28.0. The number of methoxy groups -OCH3 is 1. The minimum atomic E-state index is 0.195. The van der Waals surface area contributed by atoms with Crippen LogP contribution in [0.4, 0.5) is 4.79 Å². The van der Waals surface area contributed by atoms with Crippen molar-refractivity contribution in [2.24, 2.45) is 0 Å². The molecule has 2 amide bonds. The Morgan fingerprint density at radius 3 is 2.38 bits per heavy atom. The molecule has 0 spiro atoms. The first kappa shape index (κ1) is 18.0. The number of carbonyl (C=O) groups is 1. The Labute approximate surface area is 147 Å². The molecule has 0 aromatic rings. The molecule has 0 aromatic carbocycles. The molecule has 3 aliphatic rings. The third kappa shape index (κ3) is 4.85. The summed E-state index contributed by atoms with van der Waals surface area (Å²) in [5.74, 6) is 0. The minimum absolute atomic E-state index is 0.195. The maximum Gasteiger partial charge on any atom is 0.317 e. The Morgan fingerprint density at radius 1 is 0.958 bits per heavy atom. The summed E-state index contributed by atoms with van der Waals surface area (Å²) >= 11 is 0. The second-order valence-electron chi connectivity index (χ2n) is 7.86. The fraction of sp³-hybridized carbons (Fsp3) is 0.947. The lowest BCUT2D eigenvalue weighted by atomic mass is 10.0. The maximum absolute atomic E-state index is 12.8. The van der Waals surface area contributed by atoms with Gasteiger partial charge in [-0.05, 0) is 38.5 Å². The van der Waals surface area contributed by atoms with E-state index in [0.717, 1.165) is 64.7 Å². The molecule has 2 heterocycles. The van der Waals surface area contributed by atoms with Crippen molar-refractivity contribution < 1.29 is 9.53 Å². The van der Waals surface area contributed by atoms with E-state index < -0.39 is 0 Å². The highest BCUT2D eigenvalue weighted by Crippen LogP contribution is 2.22. The van der Waals surface area contributed by atoms with Crippen molar-refractivity contribution in [1.82, 2.24) is 15.1 Å². The van der Waals surface area contributed by atoms with Gasteiger partial charge < -0.3 is 19.9 Å². The molecule has 5 heteroatoms. The first-order chi connectivity index (χ1) is 11.8. The Balaban J connectivity index is 1.54. The SMILES string of the molecule is COC1CCN(CC2CCCCCN2C(=O)NC2CCCC2)CC1. The third-order valence-corrected chi connectivity index (χ3v) is 6.16.